The molecule has 0 aromatic heterocycles. The summed E-state index contributed by atoms with van der Waals surface area (Å²) in [5.74, 6) is -0.517. The fourth-order valence-electron chi connectivity index (χ4n) is 2.51. The van der Waals surface area contributed by atoms with Crippen molar-refractivity contribution in [3.8, 4) is 0 Å². The highest BCUT2D eigenvalue weighted by atomic mass is 16.3. The molecule has 1 aliphatic carbocycles. The molecule has 0 bridgehead atoms. The largest absolute Gasteiger partial charge is 0.390 e. The van der Waals surface area contributed by atoms with Gasteiger partial charge in [-0.05, 0) is 39.3 Å². The lowest BCUT2D eigenvalue weighted by molar-refractivity contribution is -0.115. The number of rotatable bonds is 6. The van der Waals surface area contributed by atoms with Gasteiger partial charge in [-0.15, -0.1) is 0 Å². The fraction of sp³-hybridized carbons (Fsp3) is 0.333. The van der Waals surface area contributed by atoms with Crippen molar-refractivity contribution in [3.63, 3.8) is 0 Å². The molecular weight excluding hydrogens is 292 g/mol. The molecule has 5 heteroatoms. The number of nitrogens with one attached hydrogen (secondary N) is 2. The third-order valence-corrected chi connectivity index (χ3v) is 3.34. The molecule has 1 aromatic carbocycles. The van der Waals surface area contributed by atoms with Crippen molar-refractivity contribution in [2.75, 3.05) is 5.32 Å². The second-order valence-electron chi connectivity index (χ2n) is 6.40. The number of anilines is 1. The predicted octanol–water partition coefficient (Wildman–Crippen LogP) is 2.16. The number of ketones is 2. The van der Waals surface area contributed by atoms with Crippen LogP contribution in [0.4, 0.5) is 5.69 Å². The van der Waals surface area contributed by atoms with Crippen molar-refractivity contribution in [1.82, 2.24) is 5.32 Å². The Hall–Kier alpha value is -2.40. The minimum Gasteiger partial charge on any atom is -0.390 e. The van der Waals surface area contributed by atoms with E-state index in [2.05, 4.69) is 10.6 Å². The average molecular weight is 314 g/mol. The molecule has 3 N–H and O–H groups in total. The van der Waals surface area contributed by atoms with E-state index in [4.69, 9.17) is 0 Å². The van der Waals surface area contributed by atoms with Crippen LogP contribution >= 0.6 is 0 Å². The van der Waals surface area contributed by atoms with E-state index >= 15 is 0 Å². The zero-order valence-corrected chi connectivity index (χ0v) is 13.6. The van der Waals surface area contributed by atoms with Crippen LogP contribution in [0.2, 0.25) is 0 Å². The van der Waals surface area contributed by atoms with Crippen LogP contribution in [0.25, 0.3) is 0 Å². The van der Waals surface area contributed by atoms with Crippen LogP contribution in [0.15, 0.2) is 53.9 Å². The Morgan fingerprint density at radius 1 is 1.04 bits per heavy atom. The first kappa shape index (κ1) is 17.0. The SMILES string of the molecule is CC(CC(C)(C)O)NC1=CC(=O)C(Nc2ccccc2)=CC1=O. The summed E-state index contributed by atoms with van der Waals surface area (Å²) in [5, 5.41) is 15.8. The van der Waals surface area contributed by atoms with Crippen LogP contribution in [0.3, 0.4) is 0 Å². The molecule has 0 aliphatic heterocycles. The van der Waals surface area contributed by atoms with Crippen molar-refractivity contribution in [2.24, 2.45) is 0 Å². The lowest BCUT2D eigenvalue weighted by atomic mass is 9.99. The van der Waals surface area contributed by atoms with Gasteiger partial charge in [0.25, 0.3) is 0 Å². The molecule has 122 valence electrons. The number of carbonyl (C=O) groups excluding carboxylic acids is 2. The van der Waals surface area contributed by atoms with Gasteiger partial charge in [-0.25, -0.2) is 0 Å². The van der Waals surface area contributed by atoms with Crippen LogP contribution in [-0.2, 0) is 9.59 Å². The van der Waals surface area contributed by atoms with Crippen molar-refractivity contribution < 1.29 is 14.7 Å². The highest BCUT2D eigenvalue weighted by Gasteiger charge is 2.23. The first-order valence-corrected chi connectivity index (χ1v) is 7.58. The summed E-state index contributed by atoms with van der Waals surface area (Å²) in [7, 11) is 0. The third-order valence-electron chi connectivity index (χ3n) is 3.34. The van der Waals surface area contributed by atoms with E-state index in [-0.39, 0.29) is 29.0 Å². The van der Waals surface area contributed by atoms with Crippen LogP contribution in [0.5, 0.6) is 0 Å². The molecule has 0 fully saturated rings. The molecule has 0 saturated carbocycles. The summed E-state index contributed by atoms with van der Waals surface area (Å²) in [6, 6.07) is 9.08. The van der Waals surface area contributed by atoms with Crippen molar-refractivity contribution in [3.05, 3.63) is 53.9 Å². The van der Waals surface area contributed by atoms with E-state index in [0.29, 0.717) is 6.42 Å². The summed E-state index contributed by atoms with van der Waals surface area (Å²) >= 11 is 0. The average Bonchev–Trinajstić information content (AvgIpc) is 2.43. The summed E-state index contributed by atoms with van der Waals surface area (Å²) in [4.78, 5) is 24.4. The molecular formula is C18H22N2O3. The molecule has 0 spiro atoms. The van der Waals surface area contributed by atoms with Crippen LogP contribution in [0.1, 0.15) is 27.2 Å². The van der Waals surface area contributed by atoms with Crippen molar-refractivity contribution >= 4 is 17.3 Å². The van der Waals surface area contributed by atoms with Gasteiger partial charge in [-0.3, -0.25) is 9.59 Å². The highest BCUT2D eigenvalue weighted by molar-refractivity contribution is 6.20. The smallest absolute Gasteiger partial charge is 0.204 e. The minimum absolute atomic E-state index is 0.130. The first-order chi connectivity index (χ1) is 10.7. The molecule has 0 heterocycles. The fourth-order valence-corrected chi connectivity index (χ4v) is 2.51. The number of para-hydroxylation sites is 1. The van der Waals surface area contributed by atoms with Crippen LogP contribution < -0.4 is 10.6 Å². The molecule has 1 atom stereocenters. The van der Waals surface area contributed by atoms with Crippen molar-refractivity contribution in [1.29, 1.82) is 0 Å². The van der Waals surface area contributed by atoms with Gasteiger partial charge < -0.3 is 15.7 Å². The molecule has 0 amide bonds. The van der Waals surface area contributed by atoms with Gasteiger partial charge in [0.2, 0.25) is 11.6 Å². The first-order valence-electron chi connectivity index (χ1n) is 7.58. The quantitative estimate of drug-likeness (QED) is 0.701. The predicted molar refractivity (Wildman–Crippen MR) is 89.8 cm³/mol. The number of hydrogen-bond acceptors (Lipinski definition) is 5. The Kier molecular flexibility index (Phi) is 5.01. The van der Waals surface area contributed by atoms with E-state index in [9.17, 15) is 14.7 Å². The number of allylic oxidation sites excluding steroid dienone is 2. The number of carbonyl (C=O) groups is 2. The van der Waals surface area contributed by atoms with Gasteiger partial charge in [0, 0.05) is 23.9 Å². The minimum atomic E-state index is -0.843. The summed E-state index contributed by atoms with van der Waals surface area (Å²) in [5.41, 5.74) is 0.414. The maximum Gasteiger partial charge on any atom is 0.204 e. The van der Waals surface area contributed by atoms with Gasteiger partial charge >= 0.3 is 0 Å². The van der Waals surface area contributed by atoms with E-state index in [1.165, 1.54) is 12.2 Å². The van der Waals surface area contributed by atoms with Gasteiger partial charge in [0.1, 0.15) is 0 Å². The summed E-state index contributed by atoms with van der Waals surface area (Å²) in [6.07, 6.45) is 3.06. The topological polar surface area (TPSA) is 78.4 Å². The van der Waals surface area contributed by atoms with Crippen molar-refractivity contribution in [2.45, 2.75) is 38.8 Å². The monoisotopic (exact) mass is 314 g/mol. The molecule has 1 unspecified atom stereocenters. The number of benzene rings is 1. The molecule has 1 aromatic rings. The van der Waals surface area contributed by atoms with Gasteiger partial charge in [0.05, 0.1) is 17.0 Å². The normalized spacial score (nSPS) is 16.5. The Morgan fingerprint density at radius 2 is 1.61 bits per heavy atom. The standard InChI is InChI=1S/C18H22N2O3/c1-12(11-18(2,3)23)19-14-9-17(22)15(10-16(14)21)20-13-7-5-4-6-8-13/h4-10,12,19-20,23H,11H2,1-3H3. The van der Waals surface area contributed by atoms with E-state index < -0.39 is 5.60 Å². The molecule has 1 aliphatic rings. The van der Waals surface area contributed by atoms with Gasteiger partial charge in [-0.1, -0.05) is 18.2 Å². The highest BCUT2D eigenvalue weighted by Crippen LogP contribution is 2.17. The molecule has 23 heavy (non-hydrogen) atoms. The molecule has 2 rings (SSSR count). The van der Waals surface area contributed by atoms with E-state index in [0.717, 1.165) is 5.69 Å². The molecule has 0 radical (unpaired) electrons. The Morgan fingerprint density at radius 3 is 2.22 bits per heavy atom. The maximum absolute atomic E-state index is 12.2. The molecule has 5 nitrogen and oxygen atoms in total. The lowest BCUT2D eigenvalue weighted by Gasteiger charge is -2.25. The second-order valence-corrected chi connectivity index (χ2v) is 6.40. The van der Waals surface area contributed by atoms with E-state index in [1.54, 1.807) is 13.8 Å². The zero-order valence-electron chi connectivity index (χ0n) is 13.6. The number of hydrogen-bond donors (Lipinski definition) is 3. The van der Waals surface area contributed by atoms with Gasteiger partial charge in [-0.2, -0.15) is 0 Å². The summed E-state index contributed by atoms with van der Waals surface area (Å²) < 4.78 is 0. The maximum atomic E-state index is 12.2. The van der Waals surface area contributed by atoms with E-state index in [1.807, 2.05) is 37.3 Å². The van der Waals surface area contributed by atoms with Crippen LogP contribution in [0, 0.1) is 0 Å². The summed E-state index contributed by atoms with van der Waals surface area (Å²) in [6.45, 7) is 5.27. The molecule has 0 saturated heterocycles. The zero-order chi connectivity index (χ0) is 17.0. The second kappa shape index (κ2) is 6.79. The third kappa shape index (κ3) is 5.07. The Balaban J connectivity index is 2.04. The number of aliphatic hydroxyl groups is 1. The Labute approximate surface area is 136 Å². The van der Waals surface area contributed by atoms with Crippen LogP contribution in [-0.4, -0.2) is 28.3 Å². The van der Waals surface area contributed by atoms with Gasteiger partial charge in [0.15, 0.2) is 0 Å². The lowest BCUT2D eigenvalue weighted by Crippen LogP contribution is -2.37. The Bertz CT molecular complexity index is 655.